The van der Waals surface area contributed by atoms with Crippen molar-refractivity contribution < 1.29 is 14.0 Å². The van der Waals surface area contributed by atoms with E-state index in [0.29, 0.717) is 0 Å². The molecule has 0 rings (SSSR count). The molecule has 1 N–H and O–H groups in total. The minimum atomic E-state index is -3.39. The maximum atomic E-state index is 10.8. The molecule has 0 radical (unpaired) electrons. The Labute approximate surface area is 67.3 Å². The zero-order valence-electron chi connectivity index (χ0n) is 6.83. The fourth-order valence-corrected chi connectivity index (χ4v) is 0.874. The van der Waals surface area contributed by atoms with Gasteiger partial charge in [-0.3, -0.25) is 4.57 Å². The summed E-state index contributed by atoms with van der Waals surface area (Å²) in [5.74, 6) is 5.35. The van der Waals surface area contributed by atoms with Crippen LogP contribution in [0.4, 0.5) is 0 Å². The Hall–Kier alpha value is -0.290. The van der Waals surface area contributed by atoms with Crippen molar-refractivity contribution in [1.82, 2.24) is 0 Å². The Morgan fingerprint density at radius 3 is 2.64 bits per heavy atom. The van der Waals surface area contributed by atoms with Crippen LogP contribution in [0.2, 0.25) is 0 Å². The quantitative estimate of drug-likeness (QED) is 0.525. The summed E-state index contributed by atoms with van der Waals surface area (Å²) in [6.45, 7) is 2.00. The van der Waals surface area contributed by atoms with Crippen LogP contribution in [0.25, 0.3) is 0 Å². The van der Waals surface area contributed by atoms with Crippen molar-refractivity contribution in [2.24, 2.45) is 0 Å². The van der Waals surface area contributed by atoms with E-state index in [9.17, 15) is 4.57 Å². The van der Waals surface area contributed by atoms with Crippen LogP contribution in [-0.2, 0) is 9.09 Å². The van der Waals surface area contributed by atoms with Crippen LogP contribution >= 0.6 is 7.60 Å². The SMILES string of the molecule is CCCC#CCP(=O)(O)OC. The molecule has 0 amide bonds. The molecule has 0 heterocycles. The molecule has 0 saturated carbocycles. The van der Waals surface area contributed by atoms with Crippen molar-refractivity contribution in [3.8, 4) is 11.8 Å². The van der Waals surface area contributed by atoms with Gasteiger partial charge >= 0.3 is 7.60 Å². The summed E-state index contributed by atoms with van der Waals surface area (Å²) in [6, 6.07) is 0. The van der Waals surface area contributed by atoms with E-state index in [4.69, 9.17) is 4.89 Å². The Bertz CT molecular complexity index is 201. The van der Waals surface area contributed by atoms with Crippen LogP contribution in [0.1, 0.15) is 19.8 Å². The fraction of sp³-hybridized carbons (Fsp3) is 0.714. The normalized spacial score (nSPS) is 14.8. The lowest BCUT2D eigenvalue weighted by molar-refractivity contribution is 0.319. The van der Waals surface area contributed by atoms with Gasteiger partial charge in [0.1, 0.15) is 6.16 Å². The smallest absolute Gasteiger partial charge is 0.324 e. The van der Waals surface area contributed by atoms with Crippen molar-refractivity contribution in [2.75, 3.05) is 13.3 Å². The van der Waals surface area contributed by atoms with Crippen LogP contribution in [0.15, 0.2) is 0 Å². The molecule has 0 aliphatic rings. The monoisotopic (exact) mass is 176 g/mol. The zero-order chi connectivity index (χ0) is 8.74. The first kappa shape index (κ1) is 10.7. The van der Waals surface area contributed by atoms with Crippen molar-refractivity contribution in [2.45, 2.75) is 19.8 Å². The molecule has 1 unspecified atom stereocenters. The van der Waals surface area contributed by atoms with Gasteiger partial charge in [-0.1, -0.05) is 12.8 Å². The summed E-state index contributed by atoms with van der Waals surface area (Å²) in [4.78, 5) is 8.85. The van der Waals surface area contributed by atoms with Crippen LogP contribution in [0.5, 0.6) is 0 Å². The second kappa shape index (κ2) is 5.37. The zero-order valence-corrected chi connectivity index (χ0v) is 7.73. The van der Waals surface area contributed by atoms with Gasteiger partial charge in [0.05, 0.1) is 0 Å². The highest BCUT2D eigenvalue weighted by molar-refractivity contribution is 7.53. The summed E-state index contributed by atoms with van der Waals surface area (Å²) in [5.41, 5.74) is 0. The minimum Gasteiger partial charge on any atom is -0.324 e. The van der Waals surface area contributed by atoms with E-state index in [-0.39, 0.29) is 6.16 Å². The van der Waals surface area contributed by atoms with E-state index in [0.717, 1.165) is 12.8 Å². The Kier molecular flexibility index (Phi) is 5.23. The Morgan fingerprint density at radius 2 is 2.18 bits per heavy atom. The van der Waals surface area contributed by atoms with Gasteiger partial charge in [-0.15, -0.1) is 5.92 Å². The van der Waals surface area contributed by atoms with Crippen molar-refractivity contribution in [3.63, 3.8) is 0 Å². The lowest BCUT2D eigenvalue weighted by Crippen LogP contribution is -1.87. The summed E-state index contributed by atoms with van der Waals surface area (Å²) in [7, 11) is -2.18. The first-order valence-corrected chi connectivity index (χ1v) is 5.22. The number of hydrogen-bond donors (Lipinski definition) is 1. The second-order valence-electron chi connectivity index (χ2n) is 2.08. The highest BCUT2D eigenvalue weighted by Gasteiger charge is 2.13. The van der Waals surface area contributed by atoms with Gasteiger partial charge in [0.2, 0.25) is 0 Å². The Balaban J connectivity index is 3.71. The van der Waals surface area contributed by atoms with Gasteiger partial charge in [-0.2, -0.15) is 0 Å². The lowest BCUT2D eigenvalue weighted by atomic mass is 10.3. The van der Waals surface area contributed by atoms with Crippen molar-refractivity contribution in [1.29, 1.82) is 0 Å². The minimum absolute atomic E-state index is 0.0660. The first-order valence-electron chi connectivity index (χ1n) is 3.45. The van der Waals surface area contributed by atoms with Crippen LogP contribution in [0.3, 0.4) is 0 Å². The van der Waals surface area contributed by atoms with E-state index in [1.54, 1.807) is 0 Å². The van der Waals surface area contributed by atoms with Crippen LogP contribution in [0, 0.1) is 11.8 Å². The summed E-state index contributed by atoms with van der Waals surface area (Å²) >= 11 is 0. The van der Waals surface area contributed by atoms with Crippen molar-refractivity contribution >= 4 is 7.60 Å². The highest BCUT2D eigenvalue weighted by Crippen LogP contribution is 2.39. The summed E-state index contributed by atoms with van der Waals surface area (Å²) < 4.78 is 15.1. The molecule has 0 fully saturated rings. The van der Waals surface area contributed by atoms with E-state index in [1.807, 2.05) is 6.92 Å². The molecular weight excluding hydrogens is 163 g/mol. The molecule has 11 heavy (non-hydrogen) atoms. The largest absolute Gasteiger partial charge is 0.339 e. The standard InChI is InChI=1S/C7H13O3P/c1-3-4-5-6-7-11(8,9)10-2/h3-4,7H2,1-2H3,(H,8,9). The molecule has 0 aliphatic carbocycles. The molecule has 64 valence electrons. The fourth-order valence-electron chi connectivity index (χ4n) is 0.434. The third-order valence-electron chi connectivity index (χ3n) is 1.06. The van der Waals surface area contributed by atoms with Gasteiger partial charge in [-0.05, 0) is 6.42 Å². The number of rotatable bonds is 3. The van der Waals surface area contributed by atoms with Gasteiger partial charge in [-0.25, -0.2) is 0 Å². The molecule has 0 saturated heterocycles. The maximum Gasteiger partial charge on any atom is 0.339 e. The average molecular weight is 176 g/mol. The van der Waals surface area contributed by atoms with Gasteiger partial charge in [0, 0.05) is 13.5 Å². The first-order chi connectivity index (χ1) is 5.12. The van der Waals surface area contributed by atoms with Gasteiger partial charge in [0.25, 0.3) is 0 Å². The van der Waals surface area contributed by atoms with Gasteiger partial charge in [0.15, 0.2) is 0 Å². The molecule has 0 aromatic carbocycles. The van der Waals surface area contributed by atoms with E-state index < -0.39 is 7.60 Å². The summed E-state index contributed by atoms with van der Waals surface area (Å²) in [5, 5.41) is 0. The molecule has 1 atom stereocenters. The van der Waals surface area contributed by atoms with E-state index in [1.165, 1.54) is 7.11 Å². The molecule has 0 spiro atoms. The molecular formula is C7H13O3P. The molecule has 0 bridgehead atoms. The Morgan fingerprint density at radius 1 is 1.55 bits per heavy atom. The summed E-state index contributed by atoms with van der Waals surface area (Å²) in [6.07, 6.45) is 1.67. The topological polar surface area (TPSA) is 46.5 Å². The third-order valence-corrected chi connectivity index (χ3v) is 2.19. The predicted molar refractivity (Wildman–Crippen MR) is 44.4 cm³/mol. The molecule has 0 aliphatic heterocycles. The molecule has 3 nitrogen and oxygen atoms in total. The molecule has 4 heteroatoms. The molecule has 0 aromatic rings. The van der Waals surface area contributed by atoms with E-state index >= 15 is 0 Å². The predicted octanol–water partition coefficient (Wildman–Crippen LogP) is 1.62. The molecule has 0 aromatic heterocycles. The van der Waals surface area contributed by atoms with Gasteiger partial charge < -0.3 is 9.42 Å². The van der Waals surface area contributed by atoms with E-state index in [2.05, 4.69) is 16.4 Å². The second-order valence-corrected chi connectivity index (χ2v) is 4.04. The number of hydrogen-bond acceptors (Lipinski definition) is 2. The maximum absolute atomic E-state index is 10.8. The van der Waals surface area contributed by atoms with Crippen LogP contribution < -0.4 is 0 Å². The highest BCUT2D eigenvalue weighted by atomic mass is 31.2. The third kappa shape index (κ3) is 6.12. The average Bonchev–Trinajstić information content (AvgIpc) is 1.99. The number of unbranched alkanes of at least 4 members (excludes halogenated alkanes) is 1. The van der Waals surface area contributed by atoms with Crippen LogP contribution in [-0.4, -0.2) is 18.2 Å². The lowest BCUT2D eigenvalue weighted by Gasteiger charge is -2.01. The van der Waals surface area contributed by atoms with Crippen molar-refractivity contribution in [3.05, 3.63) is 0 Å².